The molecule has 0 heterocycles. The number of carbonyl (C=O) groups excluding carboxylic acids is 2. The second-order valence-corrected chi connectivity index (χ2v) is 4.67. The third-order valence-corrected chi connectivity index (χ3v) is 2.90. The number of esters is 1. The number of hydrogen-bond donors (Lipinski definition) is 0. The first-order chi connectivity index (χ1) is 8.22. The molecule has 0 aliphatic heterocycles. The van der Waals surface area contributed by atoms with Crippen molar-refractivity contribution >= 4 is 22.8 Å². The molecule has 0 amide bonds. The molecule has 0 N–H and O–H groups in total. The van der Waals surface area contributed by atoms with E-state index in [0.717, 1.165) is 29.5 Å². The summed E-state index contributed by atoms with van der Waals surface area (Å²) in [5.41, 5.74) is 0. The first-order valence-electron chi connectivity index (χ1n) is 5.63. The summed E-state index contributed by atoms with van der Waals surface area (Å²) in [5, 5.41) is -0.183. The lowest BCUT2D eigenvalue weighted by Crippen LogP contribution is -2.09. The Bertz CT molecular complexity index is 362. The van der Waals surface area contributed by atoms with Gasteiger partial charge in [-0.3, -0.25) is 9.59 Å². The van der Waals surface area contributed by atoms with Gasteiger partial charge in [0.15, 0.2) is 0 Å². The first-order valence-corrected chi connectivity index (χ1v) is 6.45. The molecule has 1 aromatic carbocycles. The van der Waals surface area contributed by atoms with Crippen molar-refractivity contribution < 1.29 is 14.3 Å². The highest BCUT2D eigenvalue weighted by atomic mass is 32.2. The van der Waals surface area contributed by atoms with Gasteiger partial charge in [-0.05, 0) is 18.6 Å². The van der Waals surface area contributed by atoms with Crippen LogP contribution >= 0.6 is 11.8 Å². The van der Waals surface area contributed by atoms with Crippen LogP contribution in [0.2, 0.25) is 0 Å². The van der Waals surface area contributed by atoms with Gasteiger partial charge in [0.2, 0.25) is 5.12 Å². The Kier molecular flexibility index (Phi) is 6.40. The number of ether oxygens (including phenoxy) is 1. The van der Waals surface area contributed by atoms with Gasteiger partial charge in [0, 0.05) is 4.90 Å². The molecule has 0 fully saturated rings. The summed E-state index contributed by atoms with van der Waals surface area (Å²) in [7, 11) is 0. The van der Waals surface area contributed by atoms with E-state index in [4.69, 9.17) is 4.74 Å². The minimum Gasteiger partial charge on any atom is -0.465 e. The Hall–Kier alpha value is -1.29. The van der Waals surface area contributed by atoms with Crippen LogP contribution < -0.4 is 0 Å². The lowest BCUT2D eigenvalue weighted by atomic mass is 10.4. The molecule has 3 nitrogen and oxygen atoms in total. The zero-order valence-electron chi connectivity index (χ0n) is 9.85. The van der Waals surface area contributed by atoms with E-state index in [1.54, 1.807) is 0 Å². The van der Waals surface area contributed by atoms with Gasteiger partial charge < -0.3 is 4.74 Å². The molecule has 0 unspecified atom stereocenters. The molecular weight excluding hydrogens is 236 g/mol. The summed E-state index contributed by atoms with van der Waals surface area (Å²) >= 11 is 1.07. The van der Waals surface area contributed by atoms with E-state index >= 15 is 0 Å². The molecular formula is C13H16O3S. The van der Waals surface area contributed by atoms with Crippen molar-refractivity contribution in [2.24, 2.45) is 0 Å². The Balaban J connectivity index is 2.27. The van der Waals surface area contributed by atoms with Crippen molar-refractivity contribution in [3.63, 3.8) is 0 Å². The van der Waals surface area contributed by atoms with E-state index in [9.17, 15) is 9.59 Å². The van der Waals surface area contributed by atoms with Gasteiger partial charge in [-0.25, -0.2) is 0 Å². The van der Waals surface area contributed by atoms with Crippen molar-refractivity contribution in [1.29, 1.82) is 0 Å². The van der Waals surface area contributed by atoms with Gasteiger partial charge in [-0.15, -0.1) is 0 Å². The smallest absolute Gasteiger partial charge is 0.314 e. The van der Waals surface area contributed by atoms with Crippen LogP contribution in [0.25, 0.3) is 0 Å². The van der Waals surface area contributed by atoms with Crippen molar-refractivity contribution in [3.8, 4) is 0 Å². The molecule has 0 saturated carbocycles. The quantitative estimate of drug-likeness (QED) is 0.338. The molecule has 1 rings (SSSR count). The van der Waals surface area contributed by atoms with Crippen molar-refractivity contribution in [1.82, 2.24) is 0 Å². The Labute approximate surface area is 106 Å². The maximum atomic E-state index is 11.5. The Morgan fingerprint density at radius 3 is 2.59 bits per heavy atom. The number of rotatable bonds is 6. The summed E-state index contributed by atoms with van der Waals surface area (Å²) in [6, 6.07) is 9.27. The number of carbonyl (C=O) groups is 2. The van der Waals surface area contributed by atoms with Gasteiger partial charge >= 0.3 is 5.97 Å². The minimum absolute atomic E-state index is 0.163. The van der Waals surface area contributed by atoms with Gasteiger partial charge in [0.25, 0.3) is 0 Å². The maximum absolute atomic E-state index is 11.5. The van der Waals surface area contributed by atoms with Gasteiger partial charge in [0.1, 0.15) is 6.42 Å². The molecule has 0 aliphatic rings. The van der Waals surface area contributed by atoms with E-state index in [1.165, 1.54) is 0 Å². The SMILES string of the molecule is CCCCOC(=O)CC(=O)Sc1ccccc1. The van der Waals surface area contributed by atoms with Crippen LogP contribution in [0.5, 0.6) is 0 Å². The van der Waals surface area contributed by atoms with E-state index in [-0.39, 0.29) is 11.5 Å². The summed E-state index contributed by atoms with van der Waals surface area (Å²) in [4.78, 5) is 23.6. The predicted molar refractivity (Wildman–Crippen MR) is 67.8 cm³/mol. The van der Waals surface area contributed by atoms with Gasteiger partial charge in [-0.2, -0.15) is 0 Å². The summed E-state index contributed by atoms with van der Waals surface area (Å²) < 4.78 is 4.92. The second-order valence-electron chi connectivity index (χ2n) is 3.54. The molecule has 0 radical (unpaired) electrons. The number of benzene rings is 1. The highest BCUT2D eigenvalue weighted by molar-refractivity contribution is 8.13. The van der Waals surface area contributed by atoms with Crippen LogP contribution in [0, 0.1) is 0 Å². The van der Waals surface area contributed by atoms with E-state index in [0.29, 0.717) is 6.61 Å². The minimum atomic E-state index is -0.438. The molecule has 92 valence electrons. The monoisotopic (exact) mass is 252 g/mol. The van der Waals surface area contributed by atoms with Crippen LogP contribution in [0.4, 0.5) is 0 Å². The number of unbranched alkanes of at least 4 members (excludes halogenated alkanes) is 1. The lowest BCUT2D eigenvalue weighted by Gasteiger charge is -2.03. The molecule has 0 bridgehead atoms. The molecule has 4 heteroatoms. The highest BCUT2D eigenvalue weighted by Crippen LogP contribution is 2.19. The van der Waals surface area contributed by atoms with E-state index in [2.05, 4.69) is 0 Å². The topological polar surface area (TPSA) is 43.4 Å². The number of hydrogen-bond acceptors (Lipinski definition) is 4. The van der Waals surface area contributed by atoms with Crippen LogP contribution in [-0.4, -0.2) is 17.7 Å². The Morgan fingerprint density at radius 2 is 1.94 bits per heavy atom. The fourth-order valence-electron chi connectivity index (χ4n) is 1.16. The third-order valence-electron chi connectivity index (χ3n) is 2.02. The number of thioether (sulfide) groups is 1. The second kappa shape index (κ2) is 7.90. The average molecular weight is 252 g/mol. The maximum Gasteiger partial charge on any atom is 0.314 e. The fourth-order valence-corrected chi connectivity index (χ4v) is 1.90. The molecule has 0 aliphatic carbocycles. The summed E-state index contributed by atoms with van der Waals surface area (Å²) in [6.45, 7) is 2.42. The summed E-state index contributed by atoms with van der Waals surface area (Å²) in [5.74, 6) is -0.438. The van der Waals surface area contributed by atoms with Crippen molar-refractivity contribution in [2.75, 3.05) is 6.61 Å². The van der Waals surface area contributed by atoms with Crippen LogP contribution in [-0.2, 0) is 14.3 Å². The lowest BCUT2D eigenvalue weighted by molar-refractivity contribution is -0.144. The van der Waals surface area contributed by atoms with Gasteiger partial charge in [0.05, 0.1) is 6.61 Å². The first kappa shape index (κ1) is 13.8. The molecule has 0 saturated heterocycles. The zero-order valence-corrected chi connectivity index (χ0v) is 10.7. The van der Waals surface area contributed by atoms with Gasteiger partial charge in [-0.1, -0.05) is 43.3 Å². The van der Waals surface area contributed by atoms with Crippen molar-refractivity contribution in [3.05, 3.63) is 30.3 Å². The zero-order chi connectivity index (χ0) is 12.5. The fraction of sp³-hybridized carbons (Fsp3) is 0.385. The molecule has 0 atom stereocenters. The molecule has 17 heavy (non-hydrogen) atoms. The van der Waals surface area contributed by atoms with E-state index < -0.39 is 5.97 Å². The molecule has 0 aromatic heterocycles. The van der Waals surface area contributed by atoms with Crippen LogP contribution in [0.15, 0.2) is 35.2 Å². The third kappa shape index (κ3) is 6.12. The largest absolute Gasteiger partial charge is 0.465 e. The molecule has 0 spiro atoms. The highest BCUT2D eigenvalue weighted by Gasteiger charge is 2.11. The Morgan fingerprint density at radius 1 is 1.24 bits per heavy atom. The van der Waals surface area contributed by atoms with Crippen molar-refractivity contribution in [2.45, 2.75) is 31.1 Å². The predicted octanol–water partition coefficient (Wildman–Crippen LogP) is 3.04. The average Bonchev–Trinajstić information content (AvgIpc) is 2.30. The normalized spacial score (nSPS) is 9.94. The van der Waals surface area contributed by atoms with Crippen LogP contribution in [0.1, 0.15) is 26.2 Å². The van der Waals surface area contributed by atoms with E-state index in [1.807, 2.05) is 37.3 Å². The standard InChI is InChI=1S/C13H16O3S/c1-2-3-9-16-12(14)10-13(15)17-11-7-5-4-6-8-11/h4-8H,2-3,9-10H2,1H3. The summed E-state index contributed by atoms with van der Waals surface area (Å²) in [6.07, 6.45) is 1.65. The van der Waals surface area contributed by atoms with Crippen LogP contribution in [0.3, 0.4) is 0 Å². The molecule has 1 aromatic rings.